The molecule has 1 aromatic carbocycles. The second kappa shape index (κ2) is 5.28. The maximum atomic E-state index is 12.4. The van der Waals surface area contributed by atoms with E-state index < -0.39 is 0 Å². The third-order valence-corrected chi connectivity index (χ3v) is 5.00. The Bertz CT molecular complexity index is 623. The van der Waals surface area contributed by atoms with Gasteiger partial charge in [-0.2, -0.15) is 0 Å². The molecule has 0 aliphatic carbocycles. The van der Waals surface area contributed by atoms with Crippen molar-refractivity contribution in [3.05, 3.63) is 55.7 Å². The lowest BCUT2D eigenvalue weighted by Crippen LogP contribution is -2.07. The number of carbonyl (C=O) groups is 1. The van der Waals surface area contributed by atoms with Gasteiger partial charge in [-0.3, -0.25) is 4.79 Å². The second-order valence-corrected chi connectivity index (χ2v) is 7.27. The summed E-state index contributed by atoms with van der Waals surface area (Å²) >= 11 is 13.3. The number of halogens is 2. The first-order valence-electron chi connectivity index (χ1n) is 5.89. The van der Waals surface area contributed by atoms with Crippen LogP contribution in [0.25, 0.3) is 0 Å². The average molecular weight is 313 g/mol. The molecule has 0 atom stereocenters. The lowest BCUT2D eigenvalue weighted by molar-refractivity contribution is 0.104. The highest BCUT2D eigenvalue weighted by Crippen LogP contribution is 2.31. The normalized spacial score (nSPS) is 11.6. The van der Waals surface area contributed by atoms with Gasteiger partial charge in [0.15, 0.2) is 0 Å². The van der Waals surface area contributed by atoms with Gasteiger partial charge in [0.1, 0.15) is 0 Å². The molecule has 0 radical (unpaired) electrons. The van der Waals surface area contributed by atoms with Gasteiger partial charge >= 0.3 is 0 Å². The van der Waals surface area contributed by atoms with Crippen LogP contribution in [0.15, 0.2) is 30.3 Å². The van der Waals surface area contributed by atoms with Crippen molar-refractivity contribution in [3.8, 4) is 0 Å². The fourth-order valence-electron chi connectivity index (χ4n) is 1.64. The molecule has 0 N–H and O–H groups in total. The zero-order valence-corrected chi connectivity index (χ0v) is 13.3. The van der Waals surface area contributed by atoms with Gasteiger partial charge in [0.05, 0.1) is 14.9 Å². The summed E-state index contributed by atoms with van der Waals surface area (Å²) in [7, 11) is 0. The highest BCUT2D eigenvalue weighted by molar-refractivity contribution is 7.14. The average Bonchev–Trinajstić information content (AvgIpc) is 2.81. The quantitative estimate of drug-likeness (QED) is 0.661. The Morgan fingerprint density at radius 3 is 2.26 bits per heavy atom. The summed E-state index contributed by atoms with van der Waals surface area (Å²) in [5.41, 5.74) is 0.623. The van der Waals surface area contributed by atoms with Crippen molar-refractivity contribution < 1.29 is 4.79 Å². The van der Waals surface area contributed by atoms with E-state index in [1.807, 2.05) is 12.1 Å². The van der Waals surface area contributed by atoms with Gasteiger partial charge in [-0.05, 0) is 35.7 Å². The van der Waals surface area contributed by atoms with Crippen LogP contribution in [0.3, 0.4) is 0 Å². The largest absolute Gasteiger partial charge is 0.288 e. The van der Waals surface area contributed by atoms with Gasteiger partial charge < -0.3 is 0 Å². The molecule has 0 aliphatic rings. The van der Waals surface area contributed by atoms with Crippen LogP contribution in [0.4, 0.5) is 0 Å². The van der Waals surface area contributed by atoms with Crippen LogP contribution in [0.2, 0.25) is 10.0 Å². The molecule has 2 aromatic rings. The predicted molar refractivity (Wildman–Crippen MR) is 82.9 cm³/mol. The summed E-state index contributed by atoms with van der Waals surface area (Å²) < 4.78 is 0. The molecule has 0 bridgehead atoms. The highest BCUT2D eigenvalue weighted by Gasteiger charge is 2.19. The first-order valence-corrected chi connectivity index (χ1v) is 7.46. The molecule has 0 fully saturated rings. The number of benzene rings is 1. The van der Waals surface area contributed by atoms with E-state index in [1.165, 1.54) is 16.2 Å². The monoisotopic (exact) mass is 312 g/mol. The molecule has 1 heterocycles. The van der Waals surface area contributed by atoms with Crippen molar-refractivity contribution in [2.75, 3.05) is 0 Å². The van der Waals surface area contributed by atoms with Gasteiger partial charge in [0, 0.05) is 10.4 Å². The maximum Gasteiger partial charge on any atom is 0.203 e. The van der Waals surface area contributed by atoms with Crippen LogP contribution < -0.4 is 0 Å². The SMILES string of the molecule is CC(C)(C)c1ccc(C(=O)c2ccc(Cl)c(Cl)c2)s1. The summed E-state index contributed by atoms with van der Waals surface area (Å²) in [5, 5.41) is 0.861. The summed E-state index contributed by atoms with van der Waals surface area (Å²) in [6.07, 6.45) is 0. The van der Waals surface area contributed by atoms with Gasteiger partial charge in [0.25, 0.3) is 0 Å². The van der Waals surface area contributed by atoms with E-state index in [2.05, 4.69) is 20.8 Å². The van der Waals surface area contributed by atoms with Crippen LogP contribution in [0.5, 0.6) is 0 Å². The van der Waals surface area contributed by atoms with Crippen molar-refractivity contribution in [2.24, 2.45) is 0 Å². The van der Waals surface area contributed by atoms with Gasteiger partial charge in [-0.1, -0.05) is 44.0 Å². The molecule has 2 rings (SSSR count). The molecule has 19 heavy (non-hydrogen) atoms. The fraction of sp³-hybridized carbons (Fsp3) is 0.267. The number of hydrogen-bond acceptors (Lipinski definition) is 2. The minimum absolute atomic E-state index is 0.0148. The molecule has 4 heteroatoms. The molecule has 0 spiro atoms. The van der Waals surface area contributed by atoms with Gasteiger partial charge in [-0.25, -0.2) is 0 Å². The zero-order valence-electron chi connectivity index (χ0n) is 11.0. The third-order valence-electron chi connectivity index (χ3n) is 2.75. The fourth-order valence-corrected chi connectivity index (χ4v) is 2.97. The first-order chi connectivity index (χ1) is 8.79. The van der Waals surface area contributed by atoms with Crippen molar-refractivity contribution in [1.29, 1.82) is 0 Å². The number of ketones is 1. The predicted octanol–water partition coefficient (Wildman–Crippen LogP) is 5.58. The van der Waals surface area contributed by atoms with Crippen LogP contribution in [-0.4, -0.2) is 5.78 Å². The second-order valence-electron chi connectivity index (χ2n) is 5.37. The van der Waals surface area contributed by atoms with E-state index in [-0.39, 0.29) is 11.2 Å². The molecule has 0 unspecified atom stereocenters. The molecule has 1 aromatic heterocycles. The lowest BCUT2D eigenvalue weighted by Gasteiger charge is -2.15. The summed E-state index contributed by atoms with van der Waals surface area (Å²) in [5.74, 6) is -0.0148. The van der Waals surface area contributed by atoms with Crippen molar-refractivity contribution in [3.63, 3.8) is 0 Å². The Labute approximate surface area is 127 Å². The maximum absolute atomic E-state index is 12.4. The molecule has 0 saturated carbocycles. The number of thiophene rings is 1. The van der Waals surface area contributed by atoms with Crippen molar-refractivity contribution in [1.82, 2.24) is 0 Å². The highest BCUT2D eigenvalue weighted by atomic mass is 35.5. The smallest absolute Gasteiger partial charge is 0.203 e. The summed E-state index contributed by atoms with van der Waals surface area (Å²) in [6.45, 7) is 6.39. The number of rotatable bonds is 2. The van der Waals surface area contributed by atoms with E-state index in [9.17, 15) is 4.79 Å². The molecule has 1 nitrogen and oxygen atoms in total. The molecule has 100 valence electrons. The number of hydrogen-bond donors (Lipinski definition) is 0. The standard InChI is InChI=1S/C15H14Cl2OS/c1-15(2,3)13-7-6-12(19-13)14(18)9-4-5-10(16)11(17)8-9/h4-8H,1-3H3. The molecule has 0 amide bonds. The van der Waals surface area contributed by atoms with Gasteiger partial charge in [0.2, 0.25) is 5.78 Å². The van der Waals surface area contributed by atoms with Crippen LogP contribution in [0.1, 0.15) is 40.9 Å². The van der Waals surface area contributed by atoms with Crippen LogP contribution >= 0.6 is 34.5 Å². The molecular formula is C15H14Cl2OS. The lowest BCUT2D eigenvalue weighted by atomic mass is 9.95. The summed E-state index contributed by atoms with van der Waals surface area (Å²) in [4.78, 5) is 14.3. The third kappa shape index (κ3) is 3.19. The minimum Gasteiger partial charge on any atom is -0.288 e. The van der Waals surface area contributed by atoms with Crippen LogP contribution in [-0.2, 0) is 5.41 Å². The molecule has 0 saturated heterocycles. The number of carbonyl (C=O) groups excluding carboxylic acids is 1. The molecular weight excluding hydrogens is 299 g/mol. The first kappa shape index (κ1) is 14.6. The van der Waals surface area contributed by atoms with E-state index in [0.29, 0.717) is 15.6 Å². The Morgan fingerprint density at radius 2 is 1.74 bits per heavy atom. The zero-order chi connectivity index (χ0) is 14.2. The Morgan fingerprint density at radius 1 is 1.05 bits per heavy atom. The minimum atomic E-state index is -0.0148. The topological polar surface area (TPSA) is 17.1 Å². The van der Waals surface area contributed by atoms with E-state index in [0.717, 1.165) is 4.88 Å². The van der Waals surface area contributed by atoms with E-state index in [1.54, 1.807) is 18.2 Å². The Balaban J connectivity index is 2.34. The Hall–Kier alpha value is -0.830. The van der Waals surface area contributed by atoms with E-state index in [4.69, 9.17) is 23.2 Å². The van der Waals surface area contributed by atoms with Crippen molar-refractivity contribution >= 4 is 40.3 Å². The van der Waals surface area contributed by atoms with Crippen LogP contribution in [0, 0.1) is 0 Å². The summed E-state index contributed by atoms with van der Waals surface area (Å²) in [6, 6.07) is 8.84. The molecule has 0 aliphatic heterocycles. The van der Waals surface area contributed by atoms with E-state index >= 15 is 0 Å². The van der Waals surface area contributed by atoms with Gasteiger partial charge in [-0.15, -0.1) is 11.3 Å². The Kier molecular flexibility index (Phi) is 4.05. The van der Waals surface area contributed by atoms with Crippen molar-refractivity contribution in [2.45, 2.75) is 26.2 Å².